The first-order valence-corrected chi connectivity index (χ1v) is 9.91. The third-order valence-corrected chi connectivity index (χ3v) is 6.12. The van der Waals surface area contributed by atoms with E-state index in [0.29, 0.717) is 0 Å². The molecule has 0 aliphatic heterocycles. The zero-order valence-electron chi connectivity index (χ0n) is 16.3. The Labute approximate surface area is 171 Å². The number of benzene rings is 1. The monoisotopic (exact) mass is 409 g/mol. The molecule has 30 heavy (non-hydrogen) atoms. The van der Waals surface area contributed by atoms with Crippen LogP contribution in [-0.4, -0.2) is 27.9 Å². The van der Waals surface area contributed by atoms with E-state index in [1.165, 1.54) is 22.8 Å². The third kappa shape index (κ3) is 2.70. The summed E-state index contributed by atoms with van der Waals surface area (Å²) in [5.41, 5.74) is 2.00. The van der Waals surface area contributed by atoms with Crippen LogP contribution in [0, 0.1) is 11.6 Å². The minimum Gasteiger partial charge on any atom is -0.412 e. The van der Waals surface area contributed by atoms with Gasteiger partial charge in [-0.05, 0) is 55.9 Å². The number of nitrogens with zero attached hydrogens (tertiary/aromatic N) is 4. The van der Waals surface area contributed by atoms with Crippen molar-refractivity contribution in [1.29, 1.82) is 0 Å². The van der Waals surface area contributed by atoms with Crippen LogP contribution in [0.3, 0.4) is 0 Å². The zero-order valence-corrected chi connectivity index (χ0v) is 16.3. The van der Waals surface area contributed by atoms with Crippen molar-refractivity contribution in [3.8, 4) is 11.3 Å². The molecule has 2 aromatic heterocycles. The molecule has 0 unspecified atom stereocenters. The highest BCUT2D eigenvalue weighted by molar-refractivity contribution is 5.63. The summed E-state index contributed by atoms with van der Waals surface area (Å²) in [6, 6.07) is 5.50. The molecule has 2 aliphatic rings. The molecule has 0 saturated heterocycles. The minimum atomic E-state index is -0.665. The molecule has 152 valence electrons. The first-order chi connectivity index (χ1) is 14.5. The lowest BCUT2D eigenvalue weighted by atomic mass is 9.80. The summed E-state index contributed by atoms with van der Waals surface area (Å²) in [7, 11) is 0. The molecule has 8 heteroatoms. The Morgan fingerprint density at radius 1 is 1.30 bits per heavy atom. The van der Waals surface area contributed by atoms with Gasteiger partial charge in [-0.1, -0.05) is 10.6 Å². The van der Waals surface area contributed by atoms with Gasteiger partial charge in [0.05, 0.1) is 35.2 Å². The fourth-order valence-electron chi connectivity index (χ4n) is 4.79. The molecular formula is C22H19F2N4O2+. The van der Waals surface area contributed by atoms with Crippen molar-refractivity contribution in [1.82, 2.24) is 15.2 Å². The summed E-state index contributed by atoms with van der Waals surface area (Å²) in [5, 5.41) is 8.57. The third-order valence-electron chi connectivity index (χ3n) is 6.12. The molecule has 3 aromatic rings. The van der Waals surface area contributed by atoms with Crippen molar-refractivity contribution in [3.63, 3.8) is 0 Å². The summed E-state index contributed by atoms with van der Waals surface area (Å²) in [6.45, 7) is 2.03. The molecule has 0 N–H and O–H groups in total. The second-order valence-electron chi connectivity index (χ2n) is 7.70. The molecule has 0 radical (unpaired) electrons. The highest BCUT2D eigenvalue weighted by Crippen LogP contribution is 2.59. The van der Waals surface area contributed by atoms with Crippen LogP contribution in [0.4, 0.5) is 13.6 Å². The number of hydrogen-bond acceptors (Lipinski definition) is 5. The van der Waals surface area contributed by atoms with Crippen molar-refractivity contribution < 1.29 is 22.9 Å². The first-order valence-electron chi connectivity index (χ1n) is 9.91. The van der Waals surface area contributed by atoms with Gasteiger partial charge in [-0.15, -0.1) is 5.10 Å². The molecule has 2 heterocycles. The van der Waals surface area contributed by atoms with E-state index in [0.717, 1.165) is 36.2 Å². The second kappa shape index (κ2) is 6.90. The van der Waals surface area contributed by atoms with Crippen LogP contribution < -0.4 is 4.57 Å². The normalized spacial score (nSPS) is 21.5. The quantitative estimate of drug-likeness (QED) is 0.618. The number of hydrogen-bond donors (Lipinski definition) is 0. The summed E-state index contributed by atoms with van der Waals surface area (Å²) in [6.07, 6.45) is 6.85. The van der Waals surface area contributed by atoms with Crippen molar-refractivity contribution in [3.05, 3.63) is 71.4 Å². The highest BCUT2D eigenvalue weighted by Gasteiger charge is 2.54. The van der Waals surface area contributed by atoms with E-state index in [1.54, 1.807) is 31.6 Å². The van der Waals surface area contributed by atoms with Gasteiger partial charge in [-0.3, -0.25) is 0 Å². The Kier molecular flexibility index (Phi) is 4.30. The van der Waals surface area contributed by atoms with Crippen molar-refractivity contribution in [2.45, 2.75) is 37.5 Å². The molecule has 2 bridgehead atoms. The van der Waals surface area contributed by atoms with Crippen LogP contribution in [0.2, 0.25) is 0 Å². The maximum atomic E-state index is 14.2. The smallest absolute Gasteiger partial charge is 0.412 e. The lowest BCUT2D eigenvalue weighted by Crippen LogP contribution is -2.44. The number of rotatable bonds is 3. The van der Waals surface area contributed by atoms with Crippen LogP contribution in [-0.2, 0) is 10.2 Å². The maximum absolute atomic E-state index is 14.2. The highest BCUT2D eigenvalue weighted by atomic mass is 19.1. The lowest BCUT2D eigenvalue weighted by molar-refractivity contribution is -0.587. The molecule has 0 spiro atoms. The number of carbonyl (C=O) groups is 1. The van der Waals surface area contributed by atoms with Crippen LogP contribution in [0.1, 0.15) is 49.1 Å². The minimum absolute atomic E-state index is 0.164. The lowest BCUT2D eigenvalue weighted by Gasteiger charge is -2.25. The number of fused-ring (bicyclic) bond motifs is 5. The van der Waals surface area contributed by atoms with E-state index in [2.05, 4.69) is 15.2 Å². The van der Waals surface area contributed by atoms with Crippen molar-refractivity contribution in [2.75, 3.05) is 6.61 Å². The largest absolute Gasteiger partial charge is 0.602 e. The molecule has 2 aliphatic carbocycles. The summed E-state index contributed by atoms with van der Waals surface area (Å²) < 4.78 is 34.9. The summed E-state index contributed by atoms with van der Waals surface area (Å²) in [5.74, 6) is -1.12. The average Bonchev–Trinajstić information content (AvgIpc) is 3.33. The molecule has 1 saturated carbocycles. The van der Waals surface area contributed by atoms with Crippen LogP contribution in [0.15, 0.2) is 42.9 Å². The fourth-order valence-corrected chi connectivity index (χ4v) is 4.79. The van der Waals surface area contributed by atoms with E-state index in [-0.39, 0.29) is 23.8 Å². The van der Waals surface area contributed by atoms with Gasteiger partial charge >= 0.3 is 6.09 Å². The van der Waals surface area contributed by atoms with Gasteiger partial charge in [0.25, 0.3) is 0 Å². The van der Waals surface area contributed by atoms with Gasteiger partial charge in [-0.2, -0.15) is 9.89 Å². The van der Waals surface area contributed by atoms with E-state index in [4.69, 9.17) is 4.74 Å². The van der Waals surface area contributed by atoms with E-state index >= 15 is 0 Å². The molecule has 1 fully saturated rings. The van der Waals surface area contributed by atoms with Crippen LogP contribution in [0.5, 0.6) is 0 Å². The summed E-state index contributed by atoms with van der Waals surface area (Å²) in [4.78, 5) is 16.7. The SMILES string of the molecule is CCOC(=O)[n+]1ccnc([C@]23CC[C@H](C2)c2cc(-c4c(F)cccc4F)nnc23)c1. The van der Waals surface area contributed by atoms with Gasteiger partial charge in [0.1, 0.15) is 17.3 Å². The zero-order chi connectivity index (χ0) is 20.9. The van der Waals surface area contributed by atoms with Crippen LogP contribution in [0.25, 0.3) is 11.3 Å². The number of aromatic nitrogens is 4. The Morgan fingerprint density at radius 2 is 2.10 bits per heavy atom. The number of halogens is 2. The van der Waals surface area contributed by atoms with Gasteiger partial charge in [0, 0.05) is 0 Å². The molecule has 0 amide bonds. The molecular weight excluding hydrogens is 390 g/mol. The molecule has 6 nitrogen and oxygen atoms in total. The second-order valence-corrected chi connectivity index (χ2v) is 7.70. The van der Waals surface area contributed by atoms with Crippen molar-refractivity contribution in [2.24, 2.45) is 0 Å². The molecule has 5 rings (SSSR count). The topological polar surface area (TPSA) is 68.8 Å². The number of ether oxygens (including phenoxy) is 1. The Balaban J connectivity index is 1.59. The Bertz CT molecular complexity index is 1150. The van der Waals surface area contributed by atoms with Crippen LogP contribution >= 0.6 is 0 Å². The van der Waals surface area contributed by atoms with Gasteiger partial charge in [0.15, 0.2) is 6.20 Å². The predicted molar refractivity (Wildman–Crippen MR) is 102 cm³/mol. The Hall–Kier alpha value is -3.29. The predicted octanol–water partition coefficient (Wildman–Crippen LogP) is 3.68. The van der Waals surface area contributed by atoms with E-state index in [9.17, 15) is 13.6 Å². The van der Waals surface area contributed by atoms with E-state index in [1.807, 2.05) is 0 Å². The fraction of sp³-hybridized carbons (Fsp3) is 0.318. The maximum Gasteiger partial charge on any atom is 0.602 e. The van der Waals surface area contributed by atoms with Gasteiger partial charge in [0.2, 0.25) is 6.20 Å². The average molecular weight is 409 g/mol. The van der Waals surface area contributed by atoms with Gasteiger partial charge in [-0.25, -0.2) is 13.8 Å². The standard InChI is InChI=1S/C22H19F2N4O2/c1-2-30-21(29)28-9-8-25-18(12-28)22-7-6-13(11-22)14-10-17(26-27-20(14)22)19-15(23)4-3-5-16(19)24/h3-5,8-10,12-13H,2,6-7,11H2,1H3/q+1/t13-,22+/m1/s1. The summed E-state index contributed by atoms with van der Waals surface area (Å²) >= 11 is 0. The van der Waals surface area contributed by atoms with E-state index < -0.39 is 23.1 Å². The van der Waals surface area contributed by atoms with Crippen molar-refractivity contribution >= 4 is 6.09 Å². The van der Waals surface area contributed by atoms with Gasteiger partial charge < -0.3 is 4.74 Å². The molecule has 2 atom stereocenters. The Morgan fingerprint density at radius 3 is 2.87 bits per heavy atom. The molecule has 1 aromatic carbocycles. The number of carbonyl (C=O) groups excluding carboxylic acids is 1. The first kappa shape index (κ1) is 18.7.